The molecule has 0 aliphatic carbocycles. The summed E-state index contributed by atoms with van der Waals surface area (Å²) in [5.41, 5.74) is 2.60. The quantitative estimate of drug-likeness (QED) is 0.824. The van der Waals surface area contributed by atoms with E-state index in [2.05, 4.69) is 10.1 Å². The van der Waals surface area contributed by atoms with Gasteiger partial charge < -0.3 is 9.80 Å². The fourth-order valence-corrected chi connectivity index (χ4v) is 4.07. The first kappa shape index (κ1) is 16.8. The van der Waals surface area contributed by atoms with Crippen molar-refractivity contribution in [2.75, 3.05) is 13.1 Å². The minimum Gasteiger partial charge on any atom is -0.338 e. The van der Waals surface area contributed by atoms with E-state index in [1.54, 1.807) is 11.8 Å². The number of hydrogen-bond donors (Lipinski definition) is 1. The maximum absolute atomic E-state index is 12.9. The van der Waals surface area contributed by atoms with Crippen LogP contribution in [0.4, 0.5) is 0 Å². The third-order valence-electron chi connectivity index (χ3n) is 5.49. The molecule has 0 radical (unpaired) electrons. The van der Waals surface area contributed by atoms with Crippen LogP contribution in [-0.2, 0) is 22.6 Å². The number of carbonyl (C=O) groups is 2. The summed E-state index contributed by atoms with van der Waals surface area (Å²) in [4.78, 5) is 44.7. The fourth-order valence-electron chi connectivity index (χ4n) is 4.07. The number of rotatable bonds is 1. The Balaban J connectivity index is 1.76. The monoisotopic (exact) mass is 357 g/mol. The highest BCUT2D eigenvalue weighted by Crippen LogP contribution is 2.30. The molecule has 4 rings (SSSR count). The molecule has 1 atom stereocenters. The smallest absolute Gasteiger partial charge is 0.277 e. The Kier molecular flexibility index (Phi) is 4.05. The van der Waals surface area contributed by atoms with Gasteiger partial charge in [0.05, 0.1) is 29.5 Å². The van der Waals surface area contributed by atoms with E-state index in [0.717, 1.165) is 37.2 Å². The minimum atomic E-state index is -0.160. The highest BCUT2D eigenvalue weighted by Gasteiger charge is 2.29. The van der Waals surface area contributed by atoms with Crippen LogP contribution in [0.1, 0.15) is 56.1 Å². The molecule has 2 aliphatic rings. The second-order valence-electron chi connectivity index (χ2n) is 7.16. The Bertz CT molecular complexity index is 944. The highest BCUT2D eigenvalue weighted by atomic mass is 16.2. The molecule has 1 N–H and O–H groups in total. The lowest BCUT2D eigenvalue weighted by Gasteiger charge is -2.34. The standard InChI is InChI=1S/C18H23N5O3/c1-11(24)21-8-6-14-13(10-21)18(26)23-17(19-14)9-15(20-23)16-5-3-4-7-22(16)12(2)25/h9,16,20H,3-8,10H2,1-2H3. The number of nitrogens with zero attached hydrogens (tertiary/aromatic N) is 4. The molecular weight excluding hydrogens is 334 g/mol. The molecule has 1 unspecified atom stereocenters. The van der Waals surface area contributed by atoms with Gasteiger partial charge in [-0.1, -0.05) is 0 Å². The lowest BCUT2D eigenvalue weighted by atomic mass is 9.99. The number of hydrogen-bond acceptors (Lipinski definition) is 4. The average Bonchev–Trinajstić information content (AvgIpc) is 3.05. The number of likely N-dealkylation sites (tertiary alicyclic amines) is 1. The van der Waals surface area contributed by atoms with Gasteiger partial charge in [0.2, 0.25) is 11.8 Å². The van der Waals surface area contributed by atoms with E-state index >= 15 is 0 Å². The van der Waals surface area contributed by atoms with Crippen LogP contribution in [0.2, 0.25) is 0 Å². The number of carbonyl (C=O) groups excluding carboxylic acids is 2. The lowest BCUT2D eigenvalue weighted by molar-refractivity contribution is -0.132. The highest BCUT2D eigenvalue weighted by molar-refractivity contribution is 5.74. The molecule has 138 valence electrons. The van der Waals surface area contributed by atoms with Crippen LogP contribution in [-0.4, -0.2) is 49.3 Å². The Morgan fingerprint density at radius 1 is 1.19 bits per heavy atom. The summed E-state index contributed by atoms with van der Waals surface area (Å²) in [7, 11) is 0. The molecule has 8 nitrogen and oxygen atoms in total. The van der Waals surface area contributed by atoms with Crippen molar-refractivity contribution < 1.29 is 9.59 Å². The van der Waals surface area contributed by atoms with Crippen LogP contribution in [0.25, 0.3) is 5.65 Å². The van der Waals surface area contributed by atoms with Gasteiger partial charge in [0.15, 0.2) is 5.65 Å². The van der Waals surface area contributed by atoms with E-state index in [1.165, 1.54) is 11.4 Å². The van der Waals surface area contributed by atoms with Crippen molar-refractivity contribution in [1.29, 1.82) is 0 Å². The van der Waals surface area contributed by atoms with E-state index in [1.807, 2.05) is 11.0 Å². The largest absolute Gasteiger partial charge is 0.338 e. The summed E-state index contributed by atoms with van der Waals surface area (Å²) in [6, 6.07) is 1.83. The average molecular weight is 357 g/mol. The molecule has 0 saturated carbocycles. The predicted octanol–water partition coefficient (Wildman–Crippen LogP) is 1.00. The van der Waals surface area contributed by atoms with Crippen molar-refractivity contribution in [2.45, 2.75) is 52.1 Å². The summed E-state index contributed by atoms with van der Waals surface area (Å²) >= 11 is 0. The van der Waals surface area contributed by atoms with Gasteiger partial charge in [-0.05, 0) is 19.3 Å². The molecule has 0 aromatic carbocycles. The SMILES string of the molecule is CC(=O)N1CCc2nc3cc(C4CCCCN4C(C)=O)[nH]n3c(=O)c2C1. The zero-order chi connectivity index (χ0) is 18.4. The molecule has 0 bridgehead atoms. The number of aromatic nitrogens is 3. The minimum absolute atomic E-state index is 0.0355. The van der Waals surface area contributed by atoms with Gasteiger partial charge >= 0.3 is 0 Å². The number of amides is 2. The van der Waals surface area contributed by atoms with Crippen LogP contribution in [0.3, 0.4) is 0 Å². The summed E-state index contributed by atoms with van der Waals surface area (Å²) in [6.07, 6.45) is 3.52. The van der Waals surface area contributed by atoms with Gasteiger partial charge in [0.25, 0.3) is 5.56 Å². The van der Waals surface area contributed by atoms with Gasteiger partial charge in [-0.2, -0.15) is 0 Å². The molecule has 2 aromatic rings. The van der Waals surface area contributed by atoms with Gasteiger partial charge in [0, 0.05) is 39.4 Å². The van der Waals surface area contributed by atoms with Crippen molar-refractivity contribution in [1.82, 2.24) is 24.4 Å². The van der Waals surface area contributed by atoms with Crippen molar-refractivity contribution in [3.63, 3.8) is 0 Å². The second kappa shape index (κ2) is 6.26. The van der Waals surface area contributed by atoms with Gasteiger partial charge in [-0.3, -0.25) is 19.5 Å². The first-order chi connectivity index (χ1) is 12.5. The van der Waals surface area contributed by atoms with Crippen molar-refractivity contribution >= 4 is 17.5 Å². The van der Waals surface area contributed by atoms with E-state index in [4.69, 9.17) is 0 Å². The molecule has 1 saturated heterocycles. The zero-order valence-corrected chi connectivity index (χ0v) is 15.1. The zero-order valence-electron chi connectivity index (χ0n) is 15.1. The van der Waals surface area contributed by atoms with Crippen LogP contribution in [0, 0.1) is 0 Å². The maximum Gasteiger partial charge on any atom is 0.277 e. The Morgan fingerprint density at radius 2 is 2.00 bits per heavy atom. The van der Waals surface area contributed by atoms with Crippen LogP contribution >= 0.6 is 0 Å². The van der Waals surface area contributed by atoms with Gasteiger partial charge in [0.1, 0.15) is 0 Å². The van der Waals surface area contributed by atoms with E-state index < -0.39 is 0 Å². The Morgan fingerprint density at radius 3 is 2.73 bits per heavy atom. The molecule has 4 heterocycles. The molecule has 2 aliphatic heterocycles. The Labute approximate surface area is 150 Å². The number of nitrogens with one attached hydrogen (secondary N) is 1. The van der Waals surface area contributed by atoms with Crippen molar-refractivity contribution in [2.24, 2.45) is 0 Å². The first-order valence-corrected chi connectivity index (χ1v) is 9.12. The third-order valence-corrected chi connectivity index (χ3v) is 5.49. The van der Waals surface area contributed by atoms with Crippen LogP contribution in [0.5, 0.6) is 0 Å². The Hall–Kier alpha value is -2.64. The third kappa shape index (κ3) is 2.69. The van der Waals surface area contributed by atoms with E-state index in [9.17, 15) is 14.4 Å². The molecule has 2 amide bonds. The molecule has 1 fully saturated rings. The van der Waals surface area contributed by atoms with Crippen LogP contribution < -0.4 is 5.56 Å². The molecule has 0 spiro atoms. The predicted molar refractivity (Wildman–Crippen MR) is 94.6 cm³/mol. The second-order valence-corrected chi connectivity index (χ2v) is 7.16. The number of aromatic amines is 1. The van der Waals surface area contributed by atoms with E-state index in [0.29, 0.717) is 30.7 Å². The fraction of sp³-hybridized carbons (Fsp3) is 0.556. The topological polar surface area (TPSA) is 90.8 Å². The molecule has 26 heavy (non-hydrogen) atoms. The van der Waals surface area contributed by atoms with E-state index in [-0.39, 0.29) is 23.4 Å². The van der Waals surface area contributed by atoms with Crippen LogP contribution in [0.15, 0.2) is 10.9 Å². The maximum atomic E-state index is 12.9. The number of fused-ring (bicyclic) bond motifs is 2. The van der Waals surface area contributed by atoms with Gasteiger partial charge in [-0.25, -0.2) is 9.50 Å². The van der Waals surface area contributed by atoms with Crippen molar-refractivity contribution in [3.05, 3.63) is 33.4 Å². The molecule has 2 aromatic heterocycles. The molecule has 8 heteroatoms. The molecular formula is C18H23N5O3. The lowest BCUT2D eigenvalue weighted by Crippen LogP contribution is -2.39. The van der Waals surface area contributed by atoms with Gasteiger partial charge in [-0.15, -0.1) is 0 Å². The number of H-pyrrole nitrogens is 1. The summed E-state index contributed by atoms with van der Waals surface area (Å²) < 4.78 is 1.45. The summed E-state index contributed by atoms with van der Waals surface area (Å²) in [5.74, 6) is 0.0108. The van der Waals surface area contributed by atoms with Crippen molar-refractivity contribution in [3.8, 4) is 0 Å². The number of piperidine rings is 1. The first-order valence-electron chi connectivity index (χ1n) is 9.12. The summed E-state index contributed by atoms with van der Waals surface area (Å²) in [5, 5.41) is 3.16. The summed E-state index contributed by atoms with van der Waals surface area (Å²) in [6.45, 7) is 4.72. The normalized spacial score (nSPS) is 20.3.